The second kappa shape index (κ2) is 8.01. The van der Waals surface area contributed by atoms with Crippen LogP contribution in [0.2, 0.25) is 5.02 Å². The number of halogens is 3. The molecule has 0 aliphatic rings. The summed E-state index contributed by atoms with van der Waals surface area (Å²) in [6.07, 6.45) is 0. The molecule has 0 aliphatic heterocycles. The van der Waals surface area contributed by atoms with Crippen molar-refractivity contribution in [3.8, 4) is 5.75 Å². The Balaban J connectivity index is 2.64. The maximum atomic E-state index is 12.1. The molecule has 1 unspecified atom stereocenters. The number of carbonyl (C=O) groups excluding carboxylic acids is 1. The molecule has 0 heterocycles. The van der Waals surface area contributed by atoms with Crippen molar-refractivity contribution in [2.75, 3.05) is 18.4 Å². The van der Waals surface area contributed by atoms with Gasteiger partial charge in [0.25, 0.3) is 0 Å². The average Bonchev–Trinajstić information content (AvgIpc) is 2.38. The SMILES string of the molecule is CCNCC(C)C(=O)Nc1ccc(OC(F)F)c(Cl)c1. The van der Waals surface area contributed by atoms with Crippen LogP contribution in [0.15, 0.2) is 18.2 Å². The smallest absolute Gasteiger partial charge is 0.387 e. The quantitative estimate of drug-likeness (QED) is 0.814. The summed E-state index contributed by atoms with van der Waals surface area (Å²) in [4.78, 5) is 11.8. The number of amides is 1. The number of nitrogens with one attached hydrogen (secondary N) is 2. The van der Waals surface area contributed by atoms with Gasteiger partial charge in [-0.25, -0.2) is 0 Å². The van der Waals surface area contributed by atoms with Crippen LogP contribution in [-0.4, -0.2) is 25.6 Å². The van der Waals surface area contributed by atoms with Gasteiger partial charge < -0.3 is 15.4 Å². The molecule has 0 saturated carbocycles. The van der Waals surface area contributed by atoms with E-state index >= 15 is 0 Å². The highest BCUT2D eigenvalue weighted by atomic mass is 35.5. The van der Waals surface area contributed by atoms with Crippen LogP contribution in [0, 0.1) is 5.92 Å². The van der Waals surface area contributed by atoms with Crippen LogP contribution in [0.25, 0.3) is 0 Å². The standard InChI is InChI=1S/C13H17ClF2N2O2/c1-3-17-7-8(2)12(19)18-9-4-5-11(10(14)6-9)20-13(15)16/h4-6,8,13,17H,3,7H2,1-2H3,(H,18,19). The third-order valence-electron chi connectivity index (χ3n) is 2.56. The lowest BCUT2D eigenvalue weighted by atomic mass is 10.1. The van der Waals surface area contributed by atoms with Crippen LogP contribution < -0.4 is 15.4 Å². The minimum absolute atomic E-state index is 0.0161. The minimum Gasteiger partial charge on any atom is -0.433 e. The molecule has 7 heteroatoms. The first-order valence-electron chi connectivity index (χ1n) is 6.20. The number of carbonyl (C=O) groups is 1. The lowest BCUT2D eigenvalue weighted by Crippen LogP contribution is -2.30. The molecule has 1 rings (SSSR count). The predicted molar refractivity (Wildman–Crippen MR) is 74.4 cm³/mol. The second-order valence-corrected chi connectivity index (χ2v) is 4.63. The molecule has 2 N–H and O–H groups in total. The number of anilines is 1. The van der Waals surface area contributed by atoms with Gasteiger partial charge in [-0.1, -0.05) is 25.4 Å². The Morgan fingerprint density at radius 2 is 2.15 bits per heavy atom. The number of ether oxygens (including phenoxy) is 1. The summed E-state index contributed by atoms with van der Waals surface area (Å²) in [6, 6.07) is 4.12. The van der Waals surface area contributed by atoms with Gasteiger partial charge in [0.2, 0.25) is 5.91 Å². The van der Waals surface area contributed by atoms with Gasteiger partial charge in [0.1, 0.15) is 5.75 Å². The van der Waals surface area contributed by atoms with E-state index in [-0.39, 0.29) is 22.6 Å². The van der Waals surface area contributed by atoms with Crippen molar-refractivity contribution >= 4 is 23.2 Å². The van der Waals surface area contributed by atoms with Crippen LogP contribution in [-0.2, 0) is 4.79 Å². The summed E-state index contributed by atoms with van der Waals surface area (Å²) < 4.78 is 28.4. The lowest BCUT2D eigenvalue weighted by molar-refractivity contribution is -0.119. The molecule has 0 fully saturated rings. The van der Waals surface area contributed by atoms with Crippen molar-refractivity contribution in [2.45, 2.75) is 20.5 Å². The highest BCUT2D eigenvalue weighted by Crippen LogP contribution is 2.29. The first-order valence-corrected chi connectivity index (χ1v) is 6.57. The van der Waals surface area contributed by atoms with Crippen molar-refractivity contribution in [1.82, 2.24) is 5.32 Å². The van der Waals surface area contributed by atoms with Gasteiger partial charge in [-0.05, 0) is 24.7 Å². The molecule has 0 radical (unpaired) electrons. The van der Waals surface area contributed by atoms with Crippen molar-refractivity contribution in [1.29, 1.82) is 0 Å². The van der Waals surface area contributed by atoms with E-state index < -0.39 is 6.61 Å². The fourth-order valence-corrected chi connectivity index (χ4v) is 1.71. The molecular formula is C13H17ClF2N2O2. The van der Waals surface area contributed by atoms with Gasteiger partial charge in [-0.2, -0.15) is 8.78 Å². The normalized spacial score (nSPS) is 12.3. The number of hydrogen-bond donors (Lipinski definition) is 2. The molecule has 1 amide bonds. The average molecular weight is 307 g/mol. The van der Waals surface area contributed by atoms with E-state index in [1.807, 2.05) is 6.92 Å². The van der Waals surface area contributed by atoms with Gasteiger partial charge in [0.05, 0.1) is 5.02 Å². The van der Waals surface area contributed by atoms with Crippen molar-refractivity contribution in [3.05, 3.63) is 23.2 Å². The number of hydrogen-bond acceptors (Lipinski definition) is 3. The molecule has 0 spiro atoms. The largest absolute Gasteiger partial charge is 0.433 e. The zero-order valence-electron chi connectivity index (χ0n) is 11.3. The second-order valence-electron chi connectivity index (χ2n) is 4.22. The Morgan fingerprint density at radius 3 is 2.70 bits per heavy atom. The van der Waals surface area contributed by atoms with Crippen molar-refractivity contribution in [3.63, 3.8) is 0 Å². The van der Waals surface area contributed by atoms with E-state index in [1.165, 1.54) is 18.2 Å². The third kappa shape index (κ3) is 5.30. The summed E-state index contributed by atoms with van der Waals surface area (Å²) in [7, 11) is 0. The van der Waals surface area contributed by atoms with Crippen LogP contribution in [0.5, 0.6) is 5.75 Å². The van der Waals surface area contributed by atoms with E-state index in [9.17, 15) is 13.6 Å². The van der Waals surface area contributed by atoms with Crippen LogP contribution in [0.4, 0.5) is 14.5 Å². The predicted octanol–water partition coefficient (Wildman–Crippen LogP) is 3.13. The molecule has 4 nitrogen and oxygen atoms in total. The summed E-state index contributed by atoms with van der Waals surface area (Å²) in [5.41, 5.74) is 0.435. The molecule has 1 atom stereocenters. The summed E-state index contributed by atoms with van der Waals surface area (Å²) in [5.74, 6) is -0.518. The van der Waals surface area contributed by atoms with Crippen LogP contribution in [0.3, 0.4) is 0 Å². The highest BCUT2D eigenvalue weighted by molar-refractivity contribution is 6.32. The zero-order chi connectivity index (χ0) is 15.1. The first-order chi connectivity index (χ1) is 9.43. The van der Waals surface area contributed by atoms with Gasteiger partial charge in [0.15, 0.2) is 0 Å². The van der Waals surface area contributed by atoms with Crippen LogP contribution >= 0.6 is 11.6 Å². The van der Waals surface area contributed by atoms with E-state index in [0.29, 0.717) is 12.2 Å². The Kier molecular flexibility index (Phi) is 6.67. The van der Waals surface area contributed by atoms with Gasteiger partial charge in [-0.15, -0.1) is 0 Å². The Hall–Kier alpha value is -1.40. The maximum absolute atomic E-state index is 12.1. The number of benzene rings is 1. The lowest BCUT2D eigenvalue weighted by Gasteiger charge is -2.13. The molecule has 0 aliphatic carbocycles. The number of rotatable bonds is 7. The van der Waals surface area contributed by atoms with E-state index in [2.05, 4.69) is 15.4 Å². The van der Waals surface area contributed by atoms with Gasteiger partial charge >= 0.3 is 6.61 Å². The van der Waals surface area contributed by atoms with Crippen LogP contribution in [0.1, 0.15) is 13.8 Å². The van der Waals surface area contributed by atoms with Gasteiger partial charge in [0, 0.05) is 18.2 Å². The number of alkyl halides is 2. The summed E-state index contributed by atoms with van der Waals surface area (Å²) in [5, 5.41) is 5.75. The molecule has 0 saturated heterocycles. The fraction of sp³-hybridized carbons (Fsp3) is 0.462. The molecule has 1 aromatic carbocycles. The van der Waals surface area contributed by atoms with Crippen molar-refractivity contribution < 1.29 is 18.3 Å². The fourth-order valence-electron chi connectivity index (χ4n) is 1.49. The first kappa shape index (κ1) is 16.7. The molecule has 0 bridgehead atoms. The Morgan fingerprint density at radius 1 is 1.45 bits per heavy atom. The topological polar surface area (TPSA) is 50.4 Å². The van der Waals surface area contributed by atoms with E-state index in [4.69, 9.17) is 11.6 Å². The van der Waals surface area contributed by atoms with E-state index in [0.717, 1.165) is 6.54 Å². The summed E-state index contributed by atoms with van der Waals surface area (Å²) in [6.45, 7) is 2.14. The van der Waals surface area contributed by atoms with Gasteiger partial charge in [-0.3, -0.25) is 4.79 Å². The monoisotopic (exact) mass is 306 g/mol. The Labute approximate surface area is 121 Å². The maximum Gasteiger partial charge on any atom is 0.387 e. The molecular weight excluding hydrogens is 290 g/mol. The third-order valence-corrected chi connectivity index (χ3v) is 2.86. The minimum atomic E-state index is -2.94. The van der Waals surface area contributed by atoms with E-state index in [1.54, 1.807) is 6.92 Å². The highest BCUT2D eigenvalue weighted by Gasteiger charge is 2.14. The molecule has 20 heavy (non-hydrogen) atoms. The summed E-state index contributed by atoms with van der Waals surface area (Å²) >= 11 is 5.80. The molecule has 1 aromatic rings. The zero-order valence-corrected chi connectivity index (χ0v) is 12.0. The van der Waals surface area contributed by atoms with Crippen molar-refractivity contribution in [2.24, 2.45) is 5.92 Å². The Bertz CT molecular complexity index is 458. The molecule has 0 aromatic heterocycles. The molecule has 112 valence electrons.